The molecule has 1 saturated heterocycles. The molecule has 0 spiro atoms. The van der Waals surface area contributed by atoms with Crippen LogP contribution in [0, 0.1) is 0 Å². The summed E-state index contributed by atoms with van der Waals surface area (Å²) in [5.74, 6) is 0.244. The lowest BCUT2D eigenvalue weighted by Crippen LogP contribution is -2.35. The van der Waals surface area contributed by atoms with Crippen LogP contribution in [-0.4, -0.2) is 18.9 Å². The second-order valence-corrected chi connectivity index (χ2v) is 4.80. The van der Waals surface area contributed by atoms with Crippen molar-refractivity contribution in [3.8, 4) is 11.5 Å². The van der Waals surface area contributed by atoms with Crippen molar-refractivity contribution in [2.24, 2.45) is 0 Å². The first-order valence-corrected chi connectivity index (χ1v) is 6.24. The molecular formula is C13H15F2NO2. The third-order valence-electron chi connectivity index (χ3n) is 3.36. The van der Waals surface area contributed by atoms with Crippen LogP contribution < -0.4 is 14.8 Å². The number of halogens is 2. The molecule has 1 fully saturated rings. The lowest BCUT2D eigenvalue weighted by molar-refractivity contribution is -0.286. The summed E-state index contributed by atoms with van der Waals surface area (Å²) >= 11 is 0. The van der Waals surface area contributed by atoms with E-state index in [2.05, 4.69) is 14.8 Å². The molecule has 0 bridgehead atoms. The van der Waals surface area contributed by atoms with E-state index in [1.165, 1.54) is 12.8 Å². The van der Waals surface area contributed by atoms with Crippen LogP contribution in [0.2, 0.25) is 0 Å². The SMILES string of the molecule is FC1(F)Oc2ccc(CC3CCCCN3)cc2O1. The van der Waals surface area contributed by atoms with Crippen LogP contribution >= 0.6 is 0 Å². The standard InChI is InChI=1S/C13H15F2NO2/c14-13(15)17-11-5-4-9(8-12(11)18-13)7-10-3-1-2-6-16-10/h4-5,8,10,16H,1-3,6-7H2. The Labute approximate surface area is 104 Å². The molecule has 18 heavy (non-hydrogen) atoms. The van der Waals surface area contributed by atoms with Crippen LogP contribution in [0.4, 0.5) is 8.78 Å². The van der Waals surface area contributed by atoms with Gasteiger partial charge in [0.15, 0.2) is 11.5 Å². The smallest absolute Gasteiger partial charge is 0.395 e. The highest BCUT2D eigenvalue weighted by Crippen LogP contribution is 2.41. The van der Waals surface area contributed by atoms with Crippen molar-refractivity contribution >= 4 is 0 Å². The Morgan fingerprint density at radius 1 is 1.22 bits per heavy atom. The summed E-state index contributed by atoms with van der Waals surface area (Å²) in [5, 5.41) is 3.43. The number of nitrogens with one attached hydrogen (secondary N) is 1. The van der Waals surface area contributed by atoms with Gasteiger partial charge in [0, 0.05) is 6.04 Å². The number of benzene rings is 1. The first-order chi connectivity index (χ1) is 8.62. The highest BCUT2D eigenvalue weighted by molar-refractivity contribution is 5.45. The summed E-state index contributed by atoms with van der Waals surface area (Å²) in [6.07, 6.45) is 0.876. The molecule has 2 aliphatic rings. The fourth-order valence-electron chi connectivity index (χ4n) is 2.50. The van der Waals surface area contributed by atoms with Gasteiger partial charge in [-0.1, -0.05) is 12.5 Å². The van der Waals surface area contributed by atoms with Gasteiger partial charge < -0.3 is 14.8 Å². The Kier molecular flexibility index (Phi) is 2.86. The molecule has 5 heteroatoms. The first-order valence-electron chi connectivity index (χ1n) is 6.24. The van der Waals surface area contributed by atoms with Crippen LogP contribution in [0.25, 0.3) is 0 Å². The molecule has 3 rings (SSSR count). The van der Waals surface area contributed by atoms with E-state index in [-0.39, 0.29) is 11.5 Å². The van der Waals surface area contributed by atoms with Gasteiger partial charge in [-0.25, -0.2) is 0 Å². The molecule has 1 N–H and O–H groups in total. The second-order valence-electron chi connectivity index (χ2n) is 4.80. The normalized spacial score (nSPS) is 25.1. The van der Waals surface area contributed by atoms with Gasteiger partial charge in [0.1, 0.15) is 0 Å². The zero-order valence-corrected chi connectivity index (χ0v) is 9.92. The van der Waals surface area contributed by atoms with Crippen LogP contribution in [0.15, 0.2) is 18.2 Å². The minimum atomic E-state index is -3.52. The number of hydrogen-bond donors (Lipinski definition) is 1. The Morgan fingerprint density at radius 2 is 2.06 bits per heavy atom. The Hall–Kier alpha value is -1.36. The van der Waals surface area contributed by atoms with E-state index in [1.807, 2.05) is 6.07 Å². The molecule has 1 aromatic carbocycles. The van der Waals surface area contributed by atoms with Crippen molar-refractivity contribution in [1.29, 1.82) is 0 Å². The molecule has 0 radical (unpaired) electrons. The molecule has 1 unspecified atom stereocenters. The van der Waals surface area contributed by atoms with E-state index >= 15 is 0 Å². The molecule has 0 aliphatic carbocycles. The summed E-state index contributed by atoms with van der Waals surface area (Å²) in [4.78, 5) is 0. The average molecular weight is 255 g/mol. The lowest BCUT2D eigenvalue weighted by Gasteiger charge is -2.23. The molecule has 0 amide bonds. The predicted molar refractivity (Wildman–Crippen MR) is 62.0 cm³/mol. The van der Waals surface area contributed by atoms with Crippen molar-refractivity contribution in [1.82, 2.24) is 5.32 Å². The third kappa shape index (κ3) is 2.41. The summed E-state index contributed by atoms with van der Waals surface area (Å²) in [6, 6.07) is 5.44. The van der Waals surface area contributed by atoms with Gasteiger partial charge in [0.25, 0.3) is 0 Å². The maximum atomic E-state index is 12.9. The fourth-order valence-corrected chi connectivity index (χ4v) is 2.50. The number of ether oxygens (including phenoxy) is 2. The van der Waals surface area contributed by atoms with Crippen molar-refractivity contribution < 1.29 is 18.3 Å². The maximum Gasteiger partial charge on any atom is 0.586 e. The van der Waals surface area contributed by atoms with Crippen LogP contribution in [0.3, 0.4) is 0 Å². The van der Waals surface area contributed by atoms with E-state index in [4.69, 9.17) is 0 Å². The monoisotopic (exact) mass is 255 g/mol. The highest BCUT2D eigenvalue weighted by Gasteiger charge is 2.43. The number of hydrogen-bond acceptors (Lipinski definition) is 3. The largest absolute Gasteiger partial charge is 0.586 e. The topological polar surface area (TPSA) is 30.5 Å². The van der Waals surface area contributed by atoms with Crippen molar-refractivity contribution in [2.75, 3.05) is 6.54 Å². The minimum absolute atomic E-state index is 0.111. The highest BCUT2D eigenvalue weighted by atomic mass is 19.3. The van der Waals surface area contributed by atoms with E-state index in [1.54, 1.807) is 12.1 Å². The second kappa shape index (κ2) is 4.39. The van der Waals surface area contributed by atoms with Gasteiger partial charge in [-0.05, 0) is 43.5 Å². The van der Waals surface area contributed by atoms with E-state index in [0.29, 0.717) is 6.04 Å². The van der Waals surface area contributed by atoms with Crippen molar-refractivity contribution in [3.63, 3.8) is 0 Å². The van der Waals surface area contributed by atoms with Crippen LogP contribution in [-0.2, 0) is 6.42 Å². The first kappa shape index (κ1) is 11.7. The number of fused-ring (bicyclic) bond motifs is 1. The van der Waals surface area contributed by atoms with Gasteiger partial charge in [-0.2, -0.15) is 0 Å². The molecular weight excluding hydrogens is 240 g/mol. The molecule has 2 heterocycles. The number of alkyl halides is 2. The van der Waals surface area contributed by atoms with Crippen molar-refractivity contribution in [2.45, 2.75) is 38.0 Å². The van der Waals surface area contributed by atoms with Crippen LogP contribution in [0.1, 0.15) is 24.8 Å². The summed E-state index contributed by atoms with van der Waals surface area (Å²) in [6.45, 7) is 1.04. The molecule has 1 aromatic rings. The van der Waals surface area contributed by atoms with Gasteiger partial charge in [-0.3, -0.25) is 0 Å². The zero-order valence-electron chi connectivity index (χ0n) is 9.92. The van der Waals surface area contributed by atoms with Crippen molar-refractivity contribution in [3.05, 3.63) is 23.8 Å². The Morgan fingerprint density at radius 3 is 2.83 bits per heavy atom. The zero-order chi connectivity index (χ0) is 12.6. The van der Waals surface area contributed by atoms with Crippen LogP contribution in [0.5, 0.6) is 11.5 Å². The van der Waals surface area contributed by atoms with Gasteiger partial charge in [0.2, 0.25) is 0 Å². The molecule has 0 saturated carbocycles. The van der Waals surface area contributed by atoms with Gasteiger partial charge >= 0.3 is 6.29 Å². The fraction of sp³-hybridized carbons (Fsp3) is 0.538. The minimum Gasteiger partial charge on any atom is -0.395 e. The summed E-state index contributed by atoms with van der Waals surface area (Å²) in [5.41, 5.74) is 0.995. The molecule has 98 valence electrons. The molecule has 3 nitrogen and oxygen atoms in total. The average Bonchev–Trinajstić information content (AvgIpc) is 2.63. The number of piperidine rings is 1. The molecule has 0 aromatic heterocycles. The van der Waals surface area contributed by atoms with E-state index in [0.717, 1.165) is 24.9 Å². The number of rotatable bonds is 2. The Bertz CT molecular complexity index is 445. The van der Waals surface area contributed by atoms with Gasteiger partial charge in [-0.15, -0.1) is 8.78 Å². The third-order valence-corrected chi connectivity index (χ3v) is 3.36. The lowest BCUT2D eigenvalue weighted by atomic mass is 9.98. The van der Waals surface area contributed by atoms with E-state index in [9.17, 15) is 8.78 Å². The van der Waals surface area contributed by atoms with Gasteiger partial charge in [0.05, 0.1) is 0 Å². The maximum absolute atomic E-state index is 12.9. The summed E-state index contributed by atoms with van der Waals surface area (Å²) in [7, 11) is 0. The predicted octanol–water partition coefficient (Wildman–Crippen LogP) is 2.69. The molecule has 2 aliphatic heterocycles. The summed E-state index contributed by atoms with van der Waals surface area (Å²) < 4.78 is 34.6. The molecule has 1 atom stereocenters. The Balaban J connectivity index is 1.71. The quantitative estimate of drug-likeness (QED) is 0.881. The van der Waals surface area contributed by atoms with E-state index < -0.39 is 6.29 Å².